The molecule has 7 nitrogen and oxygen atoms in total. The molecule has 150 valence electrons. The molecular formula is C11H5F8N3O4S. The third-order valence-electron chi connectivity index (χ3n) is 2.64. The van der Waals surface area contributed by atoms with E-state index in [1.165, 1.54) is 0 Å². The molecule has 0 aliphatic rings. The Morgan fingerprint density at radius 3 is 1.96 bits per heavy atom. The molecule has 0 saturated heterocycles. The summed E-state index contributed by atoms with van der Waals surface area (Å²) in [6, 6.07) is 1.97. The third kappa shape index (κ3) is 4.55. The SMILES string of the molecule is O=S(=O)(Oc1n[nH]c(-c2ccc(OC(F)(F)C(F)(F)F)cc2)n1)C(F)(F)F. The molecule has 0 aliphatic carbocycles. The van der Waals surface area contributed by atoms with Crippen molar-refractivity contribution in [3.05, 3.63) is 24.3 Å². The quantitative estimate of drug-likeness (QED) is 0.448. The lowest BCUT2D eigenvalue weighted by Gasteiger charge is -2.20. The summed E-state index contributed by atoms with van der Waals surface area (Å²) in [5.74, 6) is -1.24. The number of nitrogens with zero attached hydrogens (tertiary/aromatic N) is 2. The molecule has 1 aromatic carbocycles. The van der Waals surface area contributed by atoms with Crippen molar-refractivity contribution in [3.63, 3.8) is 0 Å². The van der Waals surface area contributed by atoms with E-state index in [0.29, 0.717) is 12.1 Å². The molecule has 1 N–H and O–H groups in total. The molecule has 0 unspecified atom stereocenters. The maximum atomic E-state index is 12.8. The van der Waals surface area contributed by atoms with Crippen molar-refractivity contribution in [2.75, 3.05) is 0 Å². The molecule has 0 atom stereocenters. The minimum Gasteiger partial charge on any atom is -0.426 e. The molecule has 0 fully saturated rings. The highest BCUT2D eigenvalue weighted by Crippen LogP contribution is 2.37. The number of H-pyrrole nitrogens is 1. The number of aromatic nitrogens is 3. The molecule has 0 saturated carbocycles. The zero-order chi connectivity index (χ0) is 20.7. The standard InChI is InChI=1S/C11H5F8N3O4S/c12-9(13,14)10(15,16)25-6-3-1-5(2-4-6)7-20-8(22-21-7)26-27(23,24)11(17,18)19/h1-4H,(H,20,21,22). The Balaban J connectivity index is 2.16. The van der Waals surface area contributed by atoms with Crippen LogP contribution in [0.25, 0.3) is 11.4 Å². The number of rotatable bonds is 5. The summed E-state index contributed by atoms with van der Waals surface area (Å²) in [6.07, 6.45) is -11.4. The van der Waals surface area contributed by atoms with Crippen molar-refractivity contribution in [2.45, 2.75) is 17.8 Å². The van der Waals surface area contributed by atoms with E-state index in [1.54, 1.807) is 0 Å². The van der Waals surface area contributed by atoms with Gasteiger partial charge in [-0.1, -0.05) is 0 Å². The predicted molar refractivity (Wildman–Crippen MR) is 69.1 cm³/mol. The van der Waals surface area contributed by atoms with Gasteiger partial charge in [-0.15, -0.1) is 5.10 Å². The van der Waals surface area contributed by atoms with E-state index in [0.717, 1.165) is 12.1 Å². The van der Waals surface area contributed by atoms with Crippen LogP contribution < -0.4 is 8.92 Å². The number of hydrogen-bond donors (Lipinski definition) is 1. The van der Waals surface area contributed by atoms with Gasteiger partial charge in [0.2, 0.25) is 0 Å². The van der Waals surface area contributed by atoms with Gasteiger partial charge < -0.3 is 8.92 Å². The van der Waals surface area contributed by atoms with Crippen LogP contribution >= 0.6 is 0 Å². The number of aromatic amines is 1. The average Bonchev–Trinajstić information content (AvgIpc) is 2.93. The van der Waals surface area contributed by atoms with E-state index in [4.69, 9.17) is 0 Å². The van der Waals surface area contributed by atoms with Crippen LogP contribution in [-0.4, -0.2) is 41.4 Å². The van der Waals surface area contributed by atoms with Crippen LogP contribution in [0.5, 0.6) is 11.8 Å². The van der Waals surface area contributed by atoms with Gasteiger partial charge in [0.15, 0.2) is 5.82 Å². The second-order valence-corrected chi connectivity index (χ2v) is 6.13. The topological polar surface area (TPSA) is 94.2 Å². The van der Waals surface area contributed by atoms with Crippen LogP contribution in [0.15, 0.2) is 24.3 Å². The Morgan fingerprint density at radius 2 is 1.48 bits per heavy atom. The van der Waals surface area contributed by atoms with E-state index in [1.807, 2.05) is 5.10 Å². The predicted octanol–water partition coefficient (Wildman–Crippen LogP) is 3.23. The summed E-state index contributed by atoms with van der Waals surface area (Å²) in [6.45, 7) is 0. The van der Waals surface area contributed by atoms with Crippen molar-refractivity contribution < 1.29 is 52.5 Å². The fourth-order valence-corrected chi connectivity index (χ4v) is 1.81. The fraction of sp³-hybridized carbons (Fsp3) is 0.273. The Morgan fingerprint density at radius 1 is 0.926 bits per heavy atom. The molecule has 0 bridgehead atoms. The van der Waals surface area contributed by atoms with Crippen LogP contribution in [-0.2, 0) is 10.1 Å². The Kier molecular flexibility index (Phi) is 4.98. The second kappa shape index (κ2) is 6.50. The van der Waals surface area contributed by atoms with Crippen molar-refractivity contribution >= 4 is 10.1 Å². The zero-order valence-electron chi connectivity index (χ0n) is 12.3. The molecule has 0 spiro atoms. The van der Waals surface area contributed by atoms with Crippen LogP contribution in [0.4, 0.5) is 35.1 Å². The number of halogens is 8. The number of hydrogen-bond acceptors (Lipinski definition) is 6. The highest BCUT2D eigenvalue weighted by atomic mass is 32.2. The lowest BCUT2D eigenvalue weighted by atomic mass is 10.2. The molecular weight excluding hydrogens is 422 g/mol. The van der Waals surface area contributed by atoms with Gasteiger partial charge in [-0.25, -0.2) is 0 Å². The molecule has 0 aliphatic heterocycles. The van der Waals surface area contributed by atoms with Crippen LogP contribution in [0.2, 0.25) is 0 Å². The van der Waals surface area contributed by atoms with Gasteiger partial charge in [0.05, 0.1) is 0 Å². The van der Waals surface area contributed by atoms with Crippen molar-refractivity contribution in [1.82, 2.24) is 15.2 Å². The van der Waals surface area contributed by atoms with Crippen LogP contribution in [0.3, 0.4) is 0 Å². The molecule has 0 amide bonds. The van der Waals surface area contributed by atoms with Crippen LogP contribution in [0.1, 0.15) is 0 Å². The first-order chi connectivity index (χ1) is 12.1. The van der Waals surface area contributed by atoms with Gasteiger partial charge in [0.25, 0.3) is 0 Å². The second-order valence-electron chi connectivity index (χ2n) is 4.59. The van der Waals surface area contributed by atoms with E-state index in [-0.39, 0.29) is 11.4 Å². The fourth-order valence-electron chi connectivity index (χ4n) is 1.44. The van der Waals surface area contributed by atoms with Gasteiger partial charge >= 0.3 is 33.9 Å². The summed E-state index contributed by atoms with van der Waals surface area (Å²) in [5, 5.41) is 5.07. The van der Waals surface area contributed by atoms with E-state index in [2.05, 4.69) is 19.0 Å². The summed E-state index contributed by atoms with van der Waals surface area (Å²) < 4.78 is 127. The number of ether oxygens (including phenoxy) is 1. The summed E-state index contributed by atoms with van der Waals surface area (Å²) in [7, 11) is -6.02. The smallest absolute Gasteiger partial charge is 0.426 e. The van der Waals surface area contributed by atoms with E-state index in [9.17, 15) is 43.5 Å². The maximum Gasteiger partial charge on any atom is 0.534 e. The molecule has 27 heavy (non-hydrogen) atoms. The monoisotopic (exact) mass is 427 g/mol. The molecule has 2 aromatic rings. The van der Waals surface area contributed by atoms with E-state index >= 15 is 0 Å². The maximum absolute atomic E-state index is 12.8. The number of nitrogens with one attached hydrogen (secondary N) is 1. The Hall–Kier alpha value is -2.65. The van der Waals surface area contributed by atoms with Crippen molar-refractivity contribution in [3.8, 4) is 23.1 Å². The Bertz CT molecular complexity index is 905. The first kappa shape index (κ1) is 20.7. The van der Waals surface area contributed by atoms with E-state index < -0.39 is 39.7 Å². The highest BCUT2D eigenvalue weighted by Gasteiger charge is 2.61. The highest BCUT2D eigenvalue weighted by molar-refractivity contribution is 7.87. The normalized spacial score (nSPS) is 13.5. The zero-order valence-corrected chi connectivity index (χ0v) is 13.1. The van der Waals surface area contributed by atoms with Gasteiger partial charge in [0.1, 0.15) is 5.75 Å². The van der Waals surface area contributed by atoms with Crippen molar-refractivity contribution in [1.29, 1.82) is 0 Å². The third-order valence-corrected chi connectivity index (χ3v) is 3.57. The van der Waals surface area contributed by atoms with Gasteiger partial charge in [-0.2, -0.15) is 48.5 Å². The minimum atomic E-state index is -6.02. The Labute approximate surface area is 144 Å². The first-order valence-corrected chi connectivity index (χ1v) is 7.70. The lowest BCUT2D eigenvalue weighted by Crippen LogP contribution is -2.41. The first-order valence-electron chi connectivity index (χ1n) is 6.29. The lowest BCUT2D eigenvalue weighted by molar-refractivity contribution is -0.360. The molecule has 1 aromatic heterocycles. The molecule has 16 heteroatoms. The molecule has 1 heterocycles. The molecule has 0 radical (unpaired) electrons. The van der Waals surface area contributed by atoms with Gasteiger partial charge in [0, 0.05) is 5.56 Å². The average molecular weight is 427 g/mol. The van der Waals surface area contributed by atoms with Gasteiger partial charge in [-0.05, 0) is 24.3 Å². The van der Waals surface area contributed by atoms with Crippen molar-refractivity contribution in [2.24, 2.45) is 0 Å². The summed E-state index contributed by atoms with van der Waals surface area (Å²) >= 11 is 0. The van der Waals surface area contributed by atoms with Gasteiger partial charge in [-0.3, -0.25) is 5.10 Å². The minimum absolute atomic E-state index is 0.0653. The van der Waals surface area contributed by atoms with Crippen LogP contribution in [0, 0.1) is 0 Å². The number of benzene rings is 1. The summed E-state index contributed by atoms with van der Waals surface area (Å²) in [4.78, 5) is 3.29. The molecule has 2 rings (SSSR count). The largest absolute Gasteiger partial charge is 0.534 e. The number of alkyl halides is 8. The summed E-state index contributed by atoms with van der Waals surface area (Å²) in [5.41, 5.74) is -5.79.